The minimum absolute atomic E-state index is 0.126. The number of rotatable bonds is 5. The molecule has 2 aromatic heterocycles. The lowest BCUT2D eigenvalue weighted by molar-refractivity contribution is 0.387. The Kier molecular flexibility index (Phi) is 5.66. The third-order valence-corrected chi connectivity index (χ3v) is 7.60. The molecule has 0 saturated carbocycles. The normalized spacial score (nSPS) is 11.9. The molecule has 7 nitrogen and oxygen atoms in total. The molecule has 0 amide bonds. The van der Waals surface area contributed by atoms with Crippen LogP contribution in [-0.2, 0) is 11.6 Å². The lowest BCUT2D eigenvalue weighted by Crippen LogP contribution is -2.03. The SMILES string of the molecule is Cn1ccc2cc(-c3ccc(-c4cc5nc(Oc6cccc(P(=O)(O)O)c6)[nH]c5cc4Cl)cc3)ccc21. The number of nitrogens with zero attached hydrogens (tertiary/aromatic N) is 2. The van der Waals surface area contributed by atoms with E-state index in [1.165, 1.54) is 29.1 Å². The number of aromatic nitrogens is 3. The minimum Gasteiger partial charge on any atom is -0.426 e. The van der Waals surface area contributed by atoms with Crippen LogP contribution >= 0.6 is 19.2 Å². The molecule has 0 saturated heterocycles. The van der Waals surface area contributed by atoms with Gasteiger partial charge in [0.2, 0.25) is 0 Å². The minimum atomic E-state index is -4.39. The summed E-state index contributed by atoms with van der Waals surface area (Å²) in [6, 6.07) is 26.4. The maximum absolute atomic E-state index is 11.5. The Bertz CT molecular complexity index is 1840. The van der Waals surface area contributed by atoms with Gasteiger partial charge in [0.25, 0.3) is 6.01 Å². The lowest BCUT2D eigenvalue weighted by atomic mass is 9.99. The molecule has 4 aromatic carbocycles. The molecule has 2 heterocycles. The Balaban J connectivity index is 1.29. The standard InChI is InChI=1S/C28H21ClN3O4P/c1-32-12-11-20-13-19(9-10-27(20)32)17-5-7-18(8-6-17)23-15-25-26(16-24(23)29)31-28(30-25)36-21-3-2-4-22(14-21)37(33,34)35/h2-16H,1H3,(H,30,31)(H2,33,34,35). The summed E-state index contributed by atoms with van der Waals surface area (Å²) in [6.45, 7) is 0. The van der Waals surface area contributed by atoms with E-state index in [0.717, 1.165) is 22.3 Å². The highest BCUT2D eigenvalue weighted by Gasteiger charge is 2.18. The highest BCUT2D eigenvalue weighted by atomic mass is 35.5. The largest absolute Gasteiger partial charge is 0.426 e. The van der Waals surface area contributed by atoms with Crippen molar-refractivity contribution in [3.63, 3.8) is 0 Å². The van der Waals surface area contributed by atoms with Gasteiger partial charge >= 0.3 is 7.60 Å². The first-order chi connectivity index (χ1) is 17.7. The molecule has 6 aromatic rings. The Labute approximate surface area is 217 Å². The number of H-pyrrole nitrogens is 1. The summed E-state index contributed by atoms with van der Waals surface area (Å²) in [6.07, 6.45) is 2.06. The van der Waals surface area contributed by atoms with Crippen molar-refractivity contribution in [1.29, 1.82) is 0 Å². The number of aryl methyl sites for hydroxylation is 1. The van der Waals surface area contributed by atoms with Crippen LogP contribution in [-0.4, -0.2) is 24.3 Å². The van der Waals surface area contributed by atoms with E-state index < -0.39 is 7.60 Å². The smallest absolute Gasteiger partial charge is 0.356 e. The van der Waals surface area contributed by atoms with Crippen LogP contribution in [0.25, 0.3) is 44.2 Å². The Morgan fingerprint density at radius 1 is 0.919 bits per heavy atom. The van der Waals surface area contributed by atoms with Gasteiger partial charge in [0.1, 0.15) is 5.75 Å². The zero-order valence-electron chi connectivity index (χ0n) is 19.6. The van der Waals surface area contributed by atoms with Gasteiger partial charge < -0.3 is 24.1 Å². The highest BCUT2D eigenvalue weighted by molar-refractivity contribution is 7.60. The molecule has 0 aliphatic heterocycles. The van der Waals surface area contributed by atoms with Gasteiger partial charge in [-0.1, -0.05) is 48.0 Å². The second-order valence-electron chi connectivity index (χ2n) is 8.81. The number of hydrogen-bond donors (Lipinski definition) is 3. The first-order valence-corrected chi connectivity index (χ1v) is 13.4. The van der Waals surface area contributed by atoms with Gasteiger partial charge in [-0.05, 0) is 65.2 Å². The number of imidazole rings is 1. The third-order valence-electron chi connectivity index (χ3n) is 6.33. The van der Waals surface area contributed by atoms with E-state index in [9.17, 15) is 14.4 Å². The summed E-state index contributed by atoms with van der Waals surface area (Å²) in [4.78, 5) is 26.4. The number of nitrogens with one attached hydrogen (secondary N) is 1. The monoisotopic (exact) mass is 529 g/mol. The van der Waals surface area contributed by atoms with Crippen LogP contribution in [0, 0.1) is 0 Å². The second-order valence-corrected chi connectivity index (χ2v) is 10.8. The van der Waals surface area contributed by atoms with Crippen molar-refractivity contribution in [3.05, 3.63) is 96.1 Å². The summed E-state index contributed by atoms with van der Waals surface area (Å²) in [5, 5.41) is 1.63. The maximum atomic E-state index is 11.5. The lowest BCUT2D eigenvalue weighted by Gasteiger charge is -2.08. The molecule has 0 bridgehead atoms. The number of halogens is 1. The van der Waals surface area contributed by atoms with Gasteiger partial charge in [-0.3, -0.25) is 4.57 Å². The highest BCUT2D eigenvalue weighted by Crippen LogP contribution is 2.36. The number of benzene rings is 4. The number of aromatic amines is 1. The molecule has 184 valence electrons. The van der Waals surface area contributed by atoms with Crippen molar-refractivity contribution in [2.24, 2.45) is 7.05 Å². The van der Waals surface area contributed by atoms with Gasteiger partial charge in [-0.15, -0.1) is 0 Å². The zero-order chi connectivity index (χ0) is 25.7. The molecule has 0 spiro atoms. The molecule has 0 aliphatic rings. The predicted octanol–water partition coefficient (Wildman–Crippen LogP) is 6.64. The van der Waals surface area contributed by atoms with Crippen molar-refractivity contribution < 1.29 is 19.1 Å². The predicted molar refractivity (Wildman–Crippen MR) is 147 cm³/mol. The van der Waals surface area contributed by atoms with Crippen molar-refractivity contribution in [2.75, 3.05) is 0 Å². The average molecular weight is 530 g/mol. The summed E-state index contributed by atoms with van der Waals surface area (Å²) in [7, 11) is -2.35. The first kappa shape index (κ1) is 23.5. The van der Waals surface area contributed by atoms with Crippen molar-refractivity contribution >= 4 is 46.4 Å². The van der Waals surface area contributed by atoms with Crippen molar-refractivity contribution in [3.8, 4) is 34.0 Å². The molecule has 3 N–H and O–H groups in total. The van der Waals surface area contributed by atoms with Crippen LogP contribution in [0.5, 0.6) is 11.8 Å². The fraction of sp³-hybridized carbons (Fsp3) is 0.0357. The van der Waals surface area contributed by atoms with Gasteiger partial charge in [0, 0.05) is 29.7 Å². The Hall–Kier alpha value is -3.87. The molecule has 0 radical (unpaired) electrons. The molecular formula is C28H21ClN3O4P. The first-order valence-electron chi connectivity index (χ1n) is 11.4. The molecule has 6 rings (SSSR count). The van der Waals surface area contributed by atoms with E-state index in [4.69, 9.17) is 16.3 Å². The van der Waals surface area contributed by atoms with Crippen LogP contribution in [0.2, 0.25) is 5.02 Å². The van der Waals surface area contributed by atoms with E-state index in [1.54, 1.807) is 12.1 Å². The molecular weight excluding hydrogens is 509 g/mol. The number of hydrogen-bond acceptors (Lipinski definition) is 3. The molecule has 9 heteroatoms. The quantitative estimate of drug-likeness (QED) is 0.217. The van der Waals surface area contributed by atoms with Crippen LogP contribution in [0.4, 0.5) is 0 Å². The number of ether oxygens (including phenoxy) is 1. The summed E-state index contributed by atoms with van der Waals surface area (Å²) < 4.78 is 19.4. The van der Waals surface area contributed by atoms with Gasteiger partial charge in [-0.2, -0.15) is 4.98 Å². The maximum Gasteiger partial charge on any atom is 0.356 e. The zero-order valence-corrected chi connectivity index (χ0v) is 21.2. The van der Waals surface area contributed by atoms with Gasteiger partial charge in [0.15, 0.2) is 0 Å². The second kappa shape index (κ2) is 8.91. The van der Waals surface area contributed by atoms with Crippen molar-refractivity contribution in [1.82, 2.24) is 14.5 Å². The van der Waals surface area contributed by atoms with E-state index in [1.807, 2.05) is 25.2 Å². The summed E-state index contributed by atoms with van der Waals surface area (Å²) in [5.41, 5.74) is 6.57. The summed E-state index contributed by atoms with van der Waals surface area (Å²) in [5.74, 6) is 0.260. The fourth-order valence-electron chi connectivity index (χ4n) is 4.42. The Morgan fingerprint density at radius 2 is 1.68 bits per heavy atom. The molecule has 37 heavy (non-hydrogen) atoms. The van der Waals surface area contributed by atoms with Crippen LogP contribution < -0.4 is 10.0 Å². The third kappa shape index (κ3) is 4.54. The summed E-state index contributed by atoms with van der Waals surface area (Å²) >= 11 is 6.63. The molecule has 0 fully saturated rings. The number of fused-ring (bicyclic) bond motifs is 2. The van der Waals surface area contributed by atoms with E-state index in [-0.39, 0.29) is 17.1 Å². The molecule has 0 atom stereocenters. The van der Waals surface area contributed by atoms with Crippen molar-refractivity contribution in [2.45, 2.75) is 0 Å². The van der Waals surface area contributed by atoms with Crippen LogP contribution in [0.1, 0.15) is 0 Å². The topological polar surface area (TPSA) is 100 Å². The average Bonchev–Trinajstić information content (AvgIpc) is 3.45. The van der Waals surface area contributed by atoms with Gasteiger partial charge in [-0.25, -0.2) is 0 Å². The van der Waals surface area contributed by atoms with Gasteiger partial charge in [0.05, 0.1) is 21.4 Å². The van der Waals surface area contributed by atoms with Crippen LogP contribution in [0.3, 0.4) is 0 Å². The fourth-order valence-corrected chi connectivity index (χ4v) is 5.27. The van der Waals surface area contributed by atoms with E-state index in [2.05, 4.69) is 57.1 Å². The Morgan fingerprint density at radius 3 is 2.46 bits per heavy atom. The van der Waals surface area contributed by atoms with Crippen LogP contribution in [0.15, 0.2) is 91.1 Å². The van der Waals surface area contributed by atoms with E-state index >= 15 is 0 Å². The molecule has 0 unspecified atom stereocenters. The molecule has 0 aliphatic carbocycles. The van der Waals surface area contributed by atoms with E-state index in [0.29, 0.717) is 16.1 Å².